The van der Waals surface area contributed by atoms with Crippen LogP contribution in [-0.2, 0) is 0 Å². The number of hydrogen-bond donors (Lipinski definition) is 1. The van der Waals surface area contributed by atoms with Gasteiger partial charge in [-0.15, -0.1) is 0 Å². The van der Waals surface area contributed by atoms with E-state index in [0.29, 0.717) is 0 Å². The molecule has 1 N–H and O–H groups in total. The van der Waals surface area contributed by atoms with Crippen LogP contribution in [0.2, 0.25) is 0 Å². The summed E-state index contributed by atoms with van der Waals surface area (Å²) in [6.45, 7) is 6.08. The van der Waals surface area contributed by atoms with Crippen molar-refractivity contribution in [1.29, 1.82) is 0 Å². The maximum atomic E-state index is 3.67. The lowest BCUT2D eigenvalue weighted by atomic mass is 9.94. The predicted molar refractivity (Wildman–Crippen MR) is 77.8 cm³/mol. The van der Waals surface area contributed by atoms with Crippen molar-refractivity contribution in [2.45, 2.75) is 62.8 Å². The van der Waals surface area contributed by atoms with E-state index in [2.05, 4.69) is 35.2 Å². The molecule has 1 unspecified atom stereocenters. The standard InChI is InChI=1S/C14H28N2S/c1-3-9-15-12-8-10-16(11-12)13-4-6-14(17-2)7-5-13/h12-15H,3-11H2,1-2H3. The van der Waals surface area contributed by atoms with Crippen molar-refractivity contribution in [3.8, 4) is 0 Å². The summed E-state index contributed by atoms with van der Waals surface area (Å²) in [5.74, 6) is 0. The summed E-state index contributed by atoms with van der Waals surface area (Å²) >= 11 is 2.07. The number of nitrogens with one attached hydrogen (secondary N) is 1. The second-order valence-corrected chi connectivity index (χ2v) is 6.74. The first-order valence-electron chi connectivity index (χ1n) is 7.33. The minimum Gasteiger partial charge on any atom is -0.313 e. The normalized spacial score (nSPS) is 35.3. The predicted octanol–water partition coefficient (Wildman–Crippen LogP) is 2.73. The van der Waals surface area contributed by atoms with E-state index in [1.54, 1.807) is 0 Å². The van der Waals surface area contributed by atoms with E-state index in [4.69, 9.17) is 0 Å². The van der Waals surface area contributed by atoms with Gasteiger partial charge in [0.1, 0.15) is 0 Å². The van der Waals surface area contributed by atoms with Crippen LogP contribution >= 0.6 is 11.8 Å². The zero-order chi connectivity index (χ0) is 12.1. The van der Waals surface area contributed by atoms with Gasteiger partial charge in [-0.1, -0.05) is 6.92 Å². The van der Waals surface area contributed by atoms with Gasteiger partial charge >= 0.3 is 0 Å². The molecule has 1 saturated carbocycles. The second kappa shape index (κ2) is 7.01. The molecular weight excluding hydrogens is 228 g/mol. The molecular formula is C14H28N2S. The zero-order valence-corrected chi connectivity index (χ0v) is 12.3. The van der Waals surface area contributed by atoms with Crippen molar-refractivity contribution in [3.63, 3.8) is 0 Å². The highest BCUT2D eigenvalue weighted by Crippen LogP contribution is 2.31. The van der Waals surface area contributed by atoms with Crippen LogP contribution in [0.3, 0.4) is 0 Å². The summed E-state index contributed by atoms with van der Waals surface area (Å²) < 4.78 is 0. The first-order chi connectivity index (χ1) is 8.33. The van der Waals surface area contributed by atoms with E-state index < -0.39 is 0 Å². The molecule has 2 aliphatic rings. The van der Waals surface area contributed by atoms with Gasteiger partial charge in [-0.05, 0) is 51.3 Å². The van der Waals surface area contributed by atoms with E-state index in [1.165, 1.54) is 58.2 Å². The molecule has 1 heterocycles. The van der Waals surface area contributed by atoms with Crippen molar-refractivity contribution in [1.82, 2.24) is 10.2 Å². The van der Waals surface area contributed by atoms with Gasteiger partial charge in [0.2, 0.25) is 0 Å². The van der Waals surface area contributed by atoms with Gasteiger partial charge in [0.25, 0.3) is 0 Å². The molecule has 0 spiro atoms. The minimum atomic E-state index is 0.772. The highest BCUT2D eigenvalue weighted by atomic mass is 32.2. The van der Waals surface area contributed by atoms with Gasteiger partial charge in [-0.25, -0.2) is 0 Å². The van der Waals surface area contributed by atoms with Crippen molar-refractivity contribution in [2.24, 2.45) is 0 Å². The average molecular weight is 256 g/mol. The Balaban J connectivity index is 1.70. The number of rotatable bonds is 5. The Hall–Kier alpha value is 0.270. The summed E-state index contributed by atoms with van der Waals surface area (Å²) in [5, 5.41) is 4.62. The topological polar surface area (TPSA) is 15.3 Å². The Kier molecular flexibility index (Phi) is 5.64. The average Bonchev–Trinajstić information content (AvgIpc) is 2.85. The van der Waals surface area contributed by atoms with Crippen LogP contribution in [0.25, 0.3) is 0 Å². The fraction of sp³-hybridized carbons (Fsp3) is 1.00. The first kappa shape index (κ1) is 13.7. The molecule has 3 heteroatoms. The van der Waals surface area contributed by atoms with Crippen molar-refractivity contribution in [3.05, 3.63) is 0 Å². The van der Waals surface area contributed by atoms with Crippen LogP contribution in [0, 0.1) is 0 Å². The number of hydrogen-bond acceptors (Lipinski definition) is 3. The van der Waals surface area contributed by atoms with Crippen LogP contribution in [-0.4, -0.2) is 48.1 Å². The van der Waals surface area contributed by atoms with E-state index in [0.717, 1.165) is 17.3 Å². The summed E-state index contributed by atoms with van der Waals surface area (Å²) in [4.78, 5) is 2.75. The lowest BCUT2D eigenvalue weighted by Crippen LogP contribution is -2.39. The molecule has 1 aliphatic carbocycles. The molecule has 17 heavy (non-hydrogen) atoms. The monoisotopic (exact) mass is 256 g/mol. The Morgan fingerprint density at radius 2 is 1.94 bits per heavy atom. The highest BCUT2D eigenvalue weighted by molar-refractivity contribution is 7.99. The Labute approximate surface area is 111 Å². The lowest BCUT2D eigenvalue weighted by molar-refractivity contribution is 0.189. The summed E-state index contributed by atoms with van der Waals surface area (Å²) in [6, 6.07) is 1.67. The Morgan fingerprint density at radius 3 is 2.59 bits per heavy atom. The van der Waals surface area contributed by atoms with Gasteiger partial charge in [0, 0.05) is 30.4 Å². The van der Waals surface area contributed by atoms with Gasteiger partial charge in [-0.3, -0.25) is 4.90 Å². The molecule has 0 amide bonds. The van der Waals surface area contributed by atoms with Gasteiger partial charge in [-0.2, -0.15) is 11.8 Å². The van der Waals surface area contributed by atoms with Crippen LogP contribution in [0.15, 0.2) is 0 Å². The number of thioether (sulfide) groups is 1. The van der Waals surface area contributed by atoms with Crippen molar-refractivity contribution in [2.75, 3.05) is 25.9 Å². The maximum absolute atomic E-state index is 3.67. The quantitative estimate of drug-likeness (QED) is 0.814. The molecule has 0 aromatic heterocycles. The molecule has 0 radical (unpaired) electrons. The van der Waals surface area contributed by atoms with Gasteiger partial charge < -0.3 is 5.32 Å². The minimum absolute atomic E-state index is 0.772. The second-order valence-electron chi connectivity index (χ2n) is 5.60. The van der Waals surface area contributed by atoms with Gasteiger partial charge in [0.05, 0.1) is 0 Å². The molecule has 1 saturated heterocycles. The molecule has 100 valence electrons. The van der Waals surface area contributed by atoms with Crippen molar-refractivity contribution < 1.29 is 0 Å². The third kappa shape index (κ3) is 3.87. The molecule has 2 nitrogen and oxygen atoms in total. The van der Waals surface area contributed by atoms with Crippen LogP contribution in [0.4, 0.5) is 0 Å². The molecule has 1 atom stereocenters. The number of likely N-dealkylation sites (tertiary alicyclic amines) is 1. The first-order valence-corrected chi connectivity index (χ1v) is 8.62. The zero-order valence-electron chi connectivity index (χ0n) is 11.5. The molecule has 2 rings (SSSR count). The molecule has 0 aromatic carbocycles. The smallest absolute Gasteiger partial charge is 0.0207 e. The third-order valence-corrected chi connectivity index (χ3v) is 5.53. The Bertz CT molecular complexity index is 214. The van der Waals surface area contributed by atoms with Crippen LogP contribution in [0.1, 0.15) is 45.4 Å². The van der Waals surface area contributed by atoms with E-state index in [9.17, 15) is 0 Å². The SMILES string of the molecule is CCCNC1CCN(C2CCC(SC)CC2)C1. The fourth-order valence-corrected chi connectivity index (χ4v) is 4.02. The fourth-order valence-electron chi connectivity index (χ4n) is 3.28. The summed E-state index contributed by atoms with van der Waals surface area (Å²) in [6.07, 6.45) is 10.6. The summed E-state index contributed by atoms with van der Waals surface area (Å²) in [7, 11) is 0. The van der Waals surface area contributed by atoms with E-state index >= 15 is 0 Å². The van der Waals surface area contributed by atoms with Crippen LogP contribution in [0.5, 0.6) is 0 Å². The highest BCUT2D eigenvalue weighted by Gasteiger charge is 2.30. The van der Waals surface area contributed by atoms with E-state index in [1.807, 2.05) is 0 Å². The van der Waals surface area contributed by atoms with E-state index in [-0.39, 0.29) is 0 Å². The van der Waals surface area contributed by atoms with Crippen LogP contribution < -0.4 is 5.32 Å². The van der Waals surface area contributed by atoms with Gasteiger partial charge in [0.15, 0.2) is 0 Å². The Morgan fingerprint density at radius 1 is 1.18 bits per heavy atom. The third-order valence-electron chi connectivity index (χ3n) is 4.40. The molecule has 0 bridgehead atoms. The number of nitrogens with zero attached hydrogens (tertiary/aromatic N) is 1. The summed E-state index contributed by atoms with van der Waals surface area (Å²) in [5.41, 5.74) is 0. The lowest BCUT2D eigenvalue weighted by Gasteiger charge is -2.34. The molecule has 1 aliphatic heterocycles. The van der Waals surface area contributed by atoms with Crippen molar-refractivity contribution >= 4 is 11.8 Å². The molecule has 0 aromatic rings. The molecule has 2 fully saturated rings. The maximum Gasteiger partial charge on any atom is 0.0207 e. The largest absolute Gasteiger partial charge is 0.313 e.